The van der Waals surface area contributed by atoms with Gasteiger partial charge in [0.05, 0.1) is 7.11 Å². The second-order valence-electron chi connectivity index (χ2n) is 2.34. The third kappa shape index (κ3) is 7.03. The van der Waals surface area contributed by atoms with Gasteiger partial charge in [0.15, 0.2) is 0 Å². The van der Waals surface area contributed by atoms with E-state index in [9.17, 15) is 9.59 Å². The molecule has 0 fully saturated rings. The van der Waals surface area contributed by atoms with Crippen LogP contribution >= 0.6 is 0 Å². The van der Waals surface area contributed by atoms with Gasteiger partial charge in [-0.1, -0.05) is 6.42 Å². The number of rotatable bonds is 6. The topological polar surface area (TPSA) is 43.4 Å². The van der Waals surface area contributed by atoms with Crippen molar-refractivity contribution in [3.05, 3.63) is 0 Å². The fourth-order valence-electron chi connectivity index (χ4n) is 0.776. The molecule has 0 heterocycles. The lowest BCUT2D eigenvalue weighted by Crippen LogP contribution is -1.99. The van der Waals surface area contributed by atoms with Crippen LogP contribution in [0.4, 0.5) is 0 Å². The zero-order valence-electron chi connectivity index (χ0n) is 6.84. The van der Waals surface area contributed by atoms with Crippen molar-refractivity contribution in [2.75, 3.05) is 7.11 Å². The van der Waals surface area contributed by atoms with Crippen molar-refractivity contribution < 1.29 is 14.3 Å². The average molecular weight is 158 g/mol. The fraction of sp³-hybridized carbons (Fsp3) is 0.750. The van der Waals surface area contributed by atoms with E-state index in [2.05, 4.69) is 4.74 Å². The van der Waals surface area contributed by atoms with Crippen molar-refractivity contribution in [2.24, 2.45) is 0 Å². The van der Waals surface area contributed by atoms with Crippen molar-refractivity contribution in [3.8, 4) is 0 Å². The van der Waals surface area contributed by atoms with E-state index in [-0.39, 0.29) is 5.97 Å². The molecule has 3 heteroatoms. The highest BCUT2D eigenvalue weighted by molar-refractivity contribution is 5.68. The summed E-state index contributed by atoms with van der Waals surface area (Å²) < 4.78 is 4.45. The molecule has 0 rings (SSSR count). The van der Waals surface area contributed by atoms with Gasteiger partial charge in [-0.15, -0.1) is 0 Å². The molecule has 0 aromatic rings. The van der Waals surface area contributed by atoms with Crippen LogP contribution in [0, 0.1) is 0 Å². The normalized spacial score (nSPS) is 9.18. The molecule has 0 aliphatic carbocycles. The molecule has 0 saturated heterocycles. The number of unbranched alkanes of at least 4 members (excludes halogenated alkanes) is 3. The van der Waals surface area contributed by atoms with Gasteiger partial charge in [-0.25, -0.2) is 0 Å². The molecule has 0 aromatic heterocycles. The van der Waals surface area contributed by atoms with Crippen LogP contribution in [0.1, 0.15) is 32.1 Å². The Morgan fingerprint density at radius 3 is 2.64 bits per heavy atom. The second-order valence-corrected chi connectivity index (χ2v) is 2.34. The Balaban J connectivity index is 3.01. The number of ether oxygens (including phenoxy) is 1. The number of hydrogen-bond acceptors (Lipinski definition) is 3. The molecule has 0 aliphatic heterocycles. The molecule has 64 valence electrons. The molecule has 0 unspecified atom stereocenters. The number of methoxy groups -OCH3 is 1. The number of hydrogen-bond donors (Lipinski definition) is 0. The molecule has 0 radical (unpaired) electrons. The molecule has 3 nitrogen and oxygen atoms in total. The standard InChI is InChI=1S/C8H14O3/c1-11-8(10)6-4-2-3-5-7-9/h7H,2-6H2,1H3. The van der Waals surface area contributed by atoms with Crippen LogP contribution in [0.25, 0.3) is 0 Å². The summed E-state index contributed by atoms with van der Waals surface area (Å²) in [5, 5.41) is 0. The quantitative estimate of drug-likeness (QED) is 0.332. The molecule has 0 spiro atoms. The van der Waals surface area contributed by atoms with Gasteiger partial charge in [0.25, 0.3) is 0 Å². The first-order valence-corrected chi connectivity index (χ1v) is 3.81. The molecule has 0 amide bonds. The zero-order chi connectivity index (χ0) is 8.53. The van der Waals surface area contributed by atoms with Gasteiger partial charge in [-0.05, 0) is 12.8 Å². The maximum Gasteiger partial charge on any atom is 0.305 e. The van der Waals surface area contributed by atoms with E-state index in [1.54, 1.807) is 0 Å². The largest absolute Gasteiger partial charge is 0.469 e. The lowest BCUT2D eigenvalue weighted by atomic mass is 10.1. The number of esters is 1. The Hall–Kier alpha value is -0.860. The number of carbonyl (C=O) groups is 2. The van der Waals surface area contributed by atoms with E-state index in [1.165, 1.54) is 7.11 Å². The first-order chi connectivity index (χ1) is 5.31. The monoisotopic (exact) mass is 158 g/mol. The summed E-state index contributed by atoms with van der Waals surface area (Å²) in [5.41, 5.74) is 0. The van der Waals surface area contributed by atoms with E-state index in [0.717, 1.165) is 25.5 Å². The van der Waals surface area contributed by atoms with Crippen molar-refractivity contribution in [1.29, 1.82) is 0 Å². The summed E-state index contributed by atoms with van der Waals surface area (Å²) in [6.45, 7) is 0. The van der Waals surface area contributed by atoms with Crippen LogP contribution in [-0.4, -0.2) is 19.4 Å². The Bertz CT molecular complexity index is 121. The van der Waals surface area contributed by atoms with Crippen molar-refractivity contribution >= 4 is 12.3 Å². The second kappa shape index (κ2) is 7.25. The molecule has 0 atom stereocenters. The van der Waals surface area contributed by atoms with E-state index in [0.29, 0.717) is 12.8 Å². The highest BCUT2D eigenvalue weighted by Gasteiger charge is 1.97. The average Bonchev–Trinajstić information content (AvgIpc) is 2.04. The summed E-state index contributed by atoms with van der Waals surface area (Å²) in [5.74, 6) is -0.170. The van der Waals surface area contributed by atoms with Gasteiger partial charge in [-0.2, -0.15) is 0 Å². The molecule has 0 N–H and O–H groups in total. The smallest absolute Gasteiger partial charge is 0.305 e. The van der Waals surface area contributed by atoms with Crippen LogP contribution in [0.5, 0.6) is 0 Å². The lowest BCUT2D eigenvalue weighted by Gasteiger charge is -1.96. The number of carbonyl (C=O) groups excluding carboxylic acids is 2. The van der Waals surface area contributed by atoms with Crippen LogP contribution < -0.4 is 0 Å². The fourth-order valence-corrected chi connectivity index (χ4v) is 0.776. The molecule has 0 bridgehead atoms. The summed E-state index contributed by atoms with van der Waals surface area (Å²) in [7, 11) is 1.38. The van der Waals surface area contributed by atoms with Gasteiger partial charge in [0.2, 0.25) is 0 Å². The maximum atomic E-state index is 10.6. The van der Waals surface area contributed by atoms with E-state index < -0.39 is 0 Å². The predicted molar refractivity (Wildman–Crippen MR) is 41.2 cm³/mol. The minimum Gasteiger partial charge on any atom is -0.469 e. The predicted octanol–water partition coefficient (Wildman–Crippen LogP) is 1.31. The highest BCUT2D eigenvalue weighted by atomic mass is 16.5. The van der Waals surface area contributed by atoms with Gasteiger partial charge in [0.1, 0.15) is 6.29 Å². The Morgan fingerprint density at radius 1 is 1.36 bits per heavy atom. The molecule has 0 saturated carbocycles. The summed E-state index contributed by atoms with van der Waals surface area (Å²) >= 11 is 0. The van der Waals surface area contributed by atoms with E-state index >= 15 is 0 Å². The molecule has 11 heavy (non-hydrogen) atoms. The number of aldehydes is 1. The van der Waals surface area contributed by atoms with E-state index in [4.69, 9.17) is 0 Å². The highest BCUT2D eigenvalue weighted by Crippen LogP contribution is 2.01. The lowest BCUT2D eigenvalue weighted by molar-refractivity contribution is -0.140. The molecule has 0 aromatic carbocycles. The van der Waals surface area contributed by atoms with Crippen molar-refractivity contribution in [2.45, 2.75) is 32.1 Å². The minimum absolute atomic E-state index is 0.170. The Kier molecular flexibility index (Phi) is 6.68. The van der Waals surface area contributed by atoms with Crippen molar-refractivity contribution in [1.82, 2.24) is 0 Å². The van der Waals surface area contributed by atoms with Gasteiger partial charge in [-0.3, -0.25) is 4.79 Å². The van der Waals surface area contributed by atoms with Crippen LogP contribution in [-0.2, 0) is 14.3 Å². The summed E-state index contributed by atoms with van der Waals surface area (Å²) in [4.78, 5) is 20.4. The summed E-state index contributed by atoms with van der Waals surface area (Å²) in [6.07, 6.45) is 4.59. The third-order valence-electron chi connectivity index (χ3n) is 1.43. The van der Waals surface area contributed by atoms with Gasteiger partial charge in [0, 0.05) is 12.8 Å². The summed E-state index contributed by atoms with van der Waals surface area (Å²) in [6, 6.07) is 0. The Labute approximate surface area is 66.7 Å². The van der Waals surface area contributed by atoms with Crippen molar-refractivity contribution in [3.63, 3.8) is 0 Å². The van der Waals surface area contributed by atoms with Crippen LogP contribution in [0.2, 0.25) is 0 Å². The maximum absolute atomic E-state index is 10.6. The van der Waals surface area contributed by atoms with E-state index in [1.807, 2.05) is 0 Å². The zero-order valence-corrected chi connectivity index (χ0v) is 6.84. The minimum atomic E-state index is -0.170. The van der Waals surface area contributed by atoms with Crippen LogP contribution in [0.3, 0.4) is 0 Å². The molecular formula is C8H14O3. The molecule has 0 aliphatic rings. The van der Waals surface area contributed by atoms with Crippen LogP contribution in [0.15, 0.2) is 0 Å². The Morgan fingerprint density at radius 2 is 2.09 bits per heavy atom. The first-order valence-electron chi connectivity index (χ1n) is 3.81. The first kappa shape index (κ1) is 10.1. The third-order valence-corrected chi connectivity index (χ3v) is 1.43. The van der Waals surface area contributed by atoms with Gasteiger partial charge >= 0.3 is 5.97 Å². The van der Waals surface area contributed by atoms with Gasteiger partial charge < -0.3 is 9.53 Å². The SMILES string of the molecule is COC(=O)CCCCCC=O. The molecular weight excluding hydrogens is 144 g/mol.